The first-order chi connectivity index (χ1) is 7.31. The molecule has 4 nitrogen and oxygen atoms in total. The average molecular weight is 199 g/mol. The van der Waals surface area contributed by atoms with Crippen LogP contribution in [-0.4, -0.2) is 14.9 Å². The third-order valence-corrected chi connectivity index (χ3v) is 2.11. The van der Waals surface area contributed by atoms with Crippen LogP contribution in [-0.2, 0) is 6.54 Å². The van der Waals surface area contributed by atoms with Gasteiger partial charge in [-0.15, -0.1) is 0 Å². The van der Waals surface area contributed by atoms with Crippen molar-refractivity contribution in [3.63, 3.8) is 0 Å². The minimum absolute atomic E-state index is 0.0821. The summed E-state index contributed by atoms with van der Waals surface area (Å²) in [5.74, 6) is -0.0821. The minimum atomic E-state index is -0.0821. The van der Waals surface area contributed by atoms with Gasteiger partial charge in [0.25, 0.3) is 0 Å². The van der Waals surface area contributed by atoms with Gasteiger partial charge in [0.2, 0.25) is 5.88 Å². The minimum Gasteiger partial charge on any atom is -0.492 e. The summed E-state index contributed by atoms with van der Waals surface area (Å²) in [5.41, 5.74) is 1.23. The van der Waals surface area contributed by atoms with Crippen molar-refractivity contribution in [2.45, 2.75) is 6.54 Å². The third-order valence-electron chi connectivity index (χ3n) is 2.11. The second-order valence-electron chi connectivity index (χ2n) is 3.14. The Bertz CT molecular complexity index is 496. The molecule has 0 atom stereocenters. The number of benzene rings is 1. The third kappa shape index (κ3) is 1.81. The van der Waals surface area contributed by atoms with Gasteiger partial charge in [-0.25, -0.2) is 4.68 Å². The predicted molar refractivity (Wildman–Crippen MR) is 54.2 cm³/mol. The molecule has 1 aromatic carbocycles. The molecule has 0 aliphatic heterocycles. The van der Waals surface area contributed by atoms with Crippen LogP contribution in [0.5, 0.6) is 5.88 Å². The first-order valence-electron chi connectivity index (χ1n) is 4.50. The summed E-state index contributed by atoms with van der Waals surface area (Å²) in [6, 6.07) is 11.5. The molecular formula is C11H9N3O. The topological polar surface area (TPSA) is 61.8 Å². The molecule has 4 heteroatoms. The van der Waals surface area contributed by atoms with Crippen molar-refractivity contribution in [3.05, 3.63) is 47.7 Å². The standard InChI is InChI=1S/C11H9N3O/c12-6-10-7-13-14(11(10)15)8-9-4-2-1-3-5-9/h1-5,7,15H,8H2. The van der Waals surface area contributed by atoms with Gasteiger partial charge in [0.1, 0.15) is 11.6 Å². The summed E-state index contributed by atoms with van der Waals surface area (Å²) in [6.07, 6.45) is 1.36. The van der Waals surface area contributed by atoms with Crippen LogP contribution in [0.3, 0.4) is 0 Å². The fourth-order valence-electron chi connectivity index (χ4n) is 1.33. The molecule has 1 aromatic heterocycles. The number of rotatable bonds is 2. The SMILES string of the molecule is N#Cc1cnn(Cc2ccccc2)c1O. The summed E-state index contributed by atoms with van der Waals surface area (Å²) in [7, 11) is 0. The van der Waals surface area contributed by atoms with Gasteiger partial charge in [-0.3, -0.25) is 0 Å². The van der Waals surface area contributed by atoms with Crippen molar-refractivity contribution in [3.8, 4) is 11.9 Å². The van der Waals surface area contributed by atoms with Gasteiger partial charge in [-0.05, 0) is 5.56 Å². The lowest BCUT2D eigenvalue weighted by molar-refractivity contribution is 0.408. The average Bonchev–Trinajstić information content (AvgIpc) is 2.62. The largest absolute Gasteiger partial charge is 0.492 e. The van der Waals surface area contributed by atoms with Crippen molar-refractivity contribution >= 4 is 0 Å². The molecule has 2 aromatic rings. The molecule has 74 valence electrons. The summed E-state index contributed by atoms with van der Waals surface area (Å²) in [6.45, 7) is 0.467. The Kier molecular flexibility index (Phi) is 2.38. The van der Waals surface area contributed by atoms with Crippen molar-refractivity contribution in [1.82, 2.24) is 9.78 Å². The quantitative estimate of drug-likeness (QED) is 0.797. The van der Waals surface area contributed by atoms with Crippen LogP contribution in [0.4, 0.5) is 0 Å². The summed E-state index contributed by atoms with van der Waals surface area (Å²) in [5, 5.41) is 22.1. The van der Waals surface area contributed by atoms with Crippen LogP contribution in [0.25, 0.3) is 0 Å². The van der Waals surface area contributed by atoms with Gasteiger partial charge < -0.3 is 5.11 Å². The zero-order valence-electron chi connectivity index (χ0n) is 7.96. The molecule has 0 saturated heterocycles. The molecule has 0 aliphatic rings. The Morgan fingerprint density at radius 2 is 2.07 bits per heavy atom. The van der Waals surface area contributed by atoms with Crippen LogP contribution in [0.15, 0.2) is 36.5 Å². The lowest BCUT2D eigenvalue weighted by atomic mass is 10.2. The van der Waals surface area contributed by atoms with E-state index in [4.69, 9.17) is 5.26 Å². The Hall–Kier alpha value is -2.28. The highest BCUT2D eigenvalue weighted by molar-refractivity contribution is 5.35. The van der Waals surface area contributed by atoms with Gasteiger partial charge in [0, 0.05) is 0 Å². The molecule has 0 bridgehead atoms. The van der Waals surface area contributed by atoms with Crippen molar-refractivity contribution in [1.29, 1.82) is 5.26 Å². The van der Waals surface area contributed by atoms with Crippen LogP contribution in [0, 0.1) is 11.3 Å². The highest BCUT2D eigenvalue weighted by atomic mass is 16.3. The van der Waals surface area contributed by atoms with Crippen LogP contribution in [0.2, 0.25) is 0 Å². The van der Waals surface area contributed by atoms with E-state index in [9.17, 15) is 5.11 Å². The van der Waals surface area contributed by atoms with E-state index in [0.717, 1.165) is 5.56 Å². The molecule has 0 radical (unpaired) electrons. The summed E-state index contributed by atoms with van der Waals surface area (Å²) >= 11 is 0. The molecule has 1 heterocycles. The predicted octanol–water partition coefficient (Wildman–Crippen LogP) is 1.51. The fourth-order valence-corrected chi connectivity index (χ4v) is 1.33. The van der Waals surface area contributed by atoms with E-state index >= 15 is 0 Å². The molecule has 0 saturated carbocycles. The second-order valence-corrected chi connectivity index (χ2v) is 3.14. The Morgan fingerprint density at radius 1 is 1.33 bits per heavy atom. The number of aromatic nitrogens is 2. The zero-order valence-corrected chi connectivity index (χ0v) is 7.96. The normalized spacial score (nSPS) is 9.80. The number of nitriles is 1. The lowest BCUT2D eigenvalue weighted by Crippen LogP contribution is -2.00. The van der Waals surface area contributed by atoms with Gasteiger partial charge >= 0.3 is 0 Å². The zero-order chi connectivity index (χ0) is 10.7. The molecule has 0 amide bonds. The van der Waals surface area contributed by atoms with Gasteiger partial charge in [-0.2, -0.15) is 10.4 Å². The maximum Gasteiger partial charge on any atom is 0.228 e. The number of nitrogens with zero attached hydrogens (tertiary/aromatic N) is 3. The lowest BCUT2D eigenvalue weighted by Gasteiger charge is -2.02. The molecule has 15 heavy (non-hydrogen) atoms. The van der Waals surface area contributed by atoms with E-state index in [0.29, 0.717) is 6.54 Å². The molecule has 0 spiro atoms. The molecule has 0 unspecified atom stereocenters. The smallest absolute Gasteiger partial charge is 0.228 e. The van der Waals surface area contributed by atoms with Gasteiger partial charge in [-0.1, -0.05) is 30.3 Å². The molecule has 1 N–H and O–H groups in total. The maximum atomic E-state index is 9.57. The molecular weight excluding hydrogens is 190 g/mol. The van der Waals surface area contributed by atoms with Gasteiger partial charge in [0.15, 0.2) is 0 Å². The number of hydrogen-bond acceptors (Lipinski definition) is 3. The summed E-state index contributed by atoms with van der Waals surface area (Å²) < 4.78 is 1.40. The van der Waals surface area contributed by atoms with Gasteiger partial charge in [0.05, 0.1) is 12.7 Å². The van der Waals surface area contributed by atoms with E-state index in [1.165, 1.54) is 10.9 Å². The fraction of sp³-hybridized carbons (Fsp3) is 0.0909. The second kappa shape index (κ2) is 3.84. The van der Waals surface area contributed by atoms with Crippen molar-refractivity contribution in [2.24, 2.45) is 0 Å². The highest BCUT2D eigenvalue weighted by Crippen LogP contribution is 2.16. The first-order valence-corrected chi connectivity index (χ1v) is 4.50. The Morgan fingerprint density at radius 3 is 2.67 bits per heavy atom. The first kappa shape index (κ1) is 9.28. The van der Waals surface area contributed by atoms with E-state index in [2.05, 4.69) is 5.10 Å². The van der Waals surface area contributed by atoms with Crippen molar-refractivity contribution in [2.75, 3.05) is 0 Å². The van der Waals surface area contributed by atoms with Crippen LogP contribution >= 0.6 is 0 Å². The molecule has 0 aliphatic carbocycles. The van der Waals surface area contributed by atoms with E-state index in [-0.39, 0.29) is 11.4 Å². The van der Waals surface area contributed by atoms with Crippen molar-refractivity contribution < 1.29 is 5.11 Å². The Balaban J connectivity index is 2.26. The summed E-state index contributed by atoms with van der Waals surface area (Å²) in [4.78, 5) is 0. The van der Waals surface area contributed by atoms with E-state index in [1.54, 1.807) is 0 Å². The van der Waals surface area contributed by atoms with Crippen LogP contribution < -0.4 is 0 Å². The monoisotopic (exact) mass is 199 g/mol. The Labute approximate surface area is 87.0 Å². The molecule has 0 fully saturated rings. The number of hydrogen-bond donors (Lipinski definition) is 1. The van der Waals surface area contributed by atoms with E-state index < -0.39 is 0 Å². The van der Waals surface area contributed by atoms with Crippen LogP contribution in [0.1, 0.15) is 11.1 Å². The molecule has 2 rings (SSSR count). The highest BCUT2D eigenvalue weighted by Gasteiger charge is 2.08. The maximum absolute atomic E-state index is 9.57. The van der Waals surface area contributed by atoms with E-state index in [1.807, 2.05) is 36.4 Å². The number of aromatic hydroxyl groups is 1.